The van der Waals surface area contributed by atoms with Crippen LogP contribution in [0.25, 0.3) is 0 Å². The van der Waals surface area contributed by atoms with Crippen molar-refractivity contribution in [3.05, 3.63) is 29.8 Å². The Bertz CT molecular complexity index is 751. The van der Waals surface area contributed by atoms with E-state index >= 15 is 0 Å². The maximum Gasteiger partial charge on any atom is 0.211 e. The first-order valence-electron chi connectivity index (χ1n) is 8.77. The van der Waals surface area contributed by atoms with Crippen LogP contribution in [-0.4, -0.2) is 64.8 Å². The maximum atomic E-state index is 13.5. The fourth-order valence-corrected chi connectivity index (χ4v) is 3.70. The molecule has 2 rings (SSSR count). The van der Waals surface area contributed by atoms with Gasteiger partial charge < -0.3 is 15.4 Å². The number of piperidine rings is 1. The van der Waals surface area contributed by atoms with Gasteiger partial charge in [0.25, 0.3) is 0 Å². The van der Waals surface area contributed by atoms with Crippen LogP contribution >= 0.6 is 0 Å². The Labute approximate surface area is 158 Å². The first-order chi connectivity index (χ1) is 12.8. The Morgan fingerprint density at radius 2 is 2.00 bits per heavy atom. The van der Waals surface area contributed by atoms with Crippen molar-refractivity contribution in [2.75, 3.05) is 46.1 Å². The number of sulfonamides is 1. The van der Waals surface area contributed by atoms with Crippen molar-refractivity contribution in [3.8, 4) is 5.75 Å². The number of hydrogen-bond donors (Lipinski definition) is 2. The Morgan fingerprint density at radius 3 is 2.59 bits per heavy atom. The lowest BCUT2D eigenvalue weighted by atomic mass is 9.98. The molecule has 1 heterocycles. The van der Waals surface area contributed by atoms with Gasteiger partial charge in [-0.25, -0.2) is 21.5 Å². The van der Waals surface area contributed by atoms with E-state index in [9.17, 15) is 17.2 Å². The van der Waals surface area contributed by atoms with E-state index in [1.165, 1.54) is 16.6 Å². The second-order valence-corrected chi connectivity index (χ2v) is 8.39. The van der Waals surface area contributed by atoms with Gasteiger partial charge in [0.05, 0.1) is 12.8 Å². The lowest BCUT2D eigenvalue weighted by Gasteiger charge is -2.30. The summed E-state index contributed by atoms with van der Waals surface area (Å²) in [4.78, 5) is 4.11. The average molecular weight is 404 g/mol. The molecule has 1 aliphatic heterocycles. The summed E-state index contributed by atoms with van der Waals surface area (Å²) < 4.78 is 56.1. The van der Waals surface area contributed by atoms with Crippen molar-refractivity contribution in [1.82, 2.24) is 14.9 Å². The Kier molecular flexibility index (Phi) is 7.78. The van der Waals surface area contributed by atoms with Gasteiger partial charge in [-0.15, -0.1) is 0 Å². The van der Waals surface area contributed by atoms with Gasteiger partial charge in [0.15, 0.2) is 17.5 Å². The molecule has 0 radical (unpaired) electrons. The van der Waals surface area contributed by atoms with Crippen LogP contribution in [0.5, 0.6) is 5.75 Å². The minimum atomic E-state index is -3.11. The molecule has 27 heavy (non-hydrogen) atoms. The zero-order chi connectivity index (χ0) is 19.9. The number of ether oxygens (including phenoxy) is 1. The van der Waals surface area contributed by atoms with Crippen LogP contribution in [0, 0.1) is 17.6 Å². The van der Waals surface area contributed by atoms with E-state index in [2.05, 4.69) is 15.6 Å². The fraction of sp³-hybridized carbons (Fsp3) is 0.588. The zero-order valence-corrected chi connectivity index (χ0v) is 16.4. The highest BCUT2D eigenvalue weighted by Gasteiger charge is 2.24. The summed E-state index contributed by atoms with van der Waals surface area (Å²) >= 11 is 0. The number of rotatable bonds is 7. The number of halogens is 2. The van der Waals surface area contributed by atoms with Gasteiger partial charge in [-0.2, -0.15) is 0 Å². The first-order valence-corrected chi connectivity index (χ1v) is 10.6. The third kappa shape index (κ3) is 6.94. The van der Waals surface area contributed by atoms with E-state index in [4.69, 9.17) is 4.74 Å². The predicted octanol–water partition coefficient (Wildman–Crippen LogP) is 1.18. The summed E-state index contributed by atoms with van der Waals surface area (Å²) in [5.74, 6) is -0.434. The second-order valence-electron chi connectivity index (χ2n) is 6.41. The summed E-state index contributed by atoms with van der Waals surface area (Å²) in [6.07, 6.45) is 2.82. The molecule has 0 saturated carbocycles. The minimum Gasteiger partial charge on any atom is -0.489 e. The van der Waals surface area contributed by atoms with Gasteiger partial charge in [-0.1, -0.05) is 0 Å². The average Bonchev–Trinajstić information content (AvgIpc) is 2.62. The van der Waals surface area contributed by atoms with Crippen molar-refractivity contribution < 1.29 is 21.9 Å². The molecule has 1 saturated heterocycles. The van der Waals surface area contributed by atoms with Crippen molar-refractivity contribution in [2.24, 2.45) is 10.9 Å². The van der Waals surface area contributed by atoms with Crippen molar-refractivity contribution in [1.29, 1.82) is 0 Å². The normalized spacial score (nSPS) is 17.0. The molecule has 1 fully saturated rings. The van der Waals surface area contributed by atoms with Crippen LogP contribution in [0.4, 0.5) is 8.78 Å². The molecule has 1 aliphatic rings. The van der Waals surface area contributed by atoms with E-state index in [1.54, 1.807) is 7.05 Å². The van der Waals surface area contributed by atoms with Crippen LogP contribution in [0.3, 0.4) is 0 Å². The van der Waals surface area contributed by atoms with Crippen molar-refractivity contribution >= 4 is 16.0 Å². The van der Waals surface area contributed by atoms with E-state index in [-0.39, 0.29) is 12.4 Å². The SMILES string of the molecule is CN=C(NCCOc1ccc(F)cc1F)NCC1CCN(S(C)(=O)=O)CC1. The molecule has 0 unspecified atom stereocenters. The molecule has 7 nitrogen and oxygen atoms in total. The molecule has 0 atom stereocenters. The highest BCUT2D eigenvalue weighted by Crippen LogP contribution is 2.18. The Morgan fingerprint density at radius 1 is 1.30 bits per heavy atom. The van der Waals surface area contributed by atoms with Crippen LogP contribution < -0.4 is 15.4 Å². The standard InChI is InChI=1S/C17H26F2N4O3S/c1-20-17(21-7-10-26-16-4-3-14(18)11-15(16)19)22-12-13-5-8-23(9-6-13)27(2,24)25/h3-4,11,13H,5-10,12H2,1-2H3,(H2,20,21,22). The summed E-state index contributed by atoms with van der Waals surface area (Å²) in [6.45, 7) is 2.34. The predicted molar refractivity (Wildman–Crippen MR) is 100 cm³/mol. The topological polar surface area (TPSA) is 83.0 Å². The quantitative estimate of drug-likeness (QED) is 0.405. The Hall–Kier alpha value is -1.94. The van der Waals surface area contributed by atoms with Crippen molar-refractivity contribution in [3.63, 3.8) is 0 Å². The number of benzene rings is 1. The lowest BCUT2D eigenvalue weighted by Crippen LogP contribution is -2.44. The lowest BCUT2D eigenvalue weighted by molar-refractivity contribution is 0.274. The molecule has 1 aromatic carbocycles. The van der Waals surface area contributed by atoms with Crippen LogP contribution in [-0.2, 0) is 10.0 Å². The molecule has 0 amide bonds. The number of guanidine groups is 1. The van der Waals surface area contributed by atoms with Crippen molar-refractivity contribution in [2.45, 2.75) is 12.8 Å². The third-order valence-corrected chi connectivity index (χ3v) is 5.67. The van der Waals surface area contributed by atoms with Gasteiger partial charge in [-0.05, 0) is 30.9 Å². The van der Waals surface area contributed by atoms with Gasteiger partial charge >= 0.3 is 0 Å². The number of hydrogen-bond acceptors (Lipinski definition) is 4. The summed E-state index contributed by atoms with van der Waals surface area (Å²) in [7, 11) is -1.47. The second kappa shape index (κ2) is 9.84. The van der Waals surface area contributed by atoms with Crippen LogP contribution in [0.1, 0.15) is 12.8 Å². The third-order valence-electron chi connectivity index (χ3n) is 4.37. The largest absolute Gasteiger partial charge is 0.489 e. The van der Waals surface area contributed by atoms with Crippen LogP contribution in [0.15, 0.2) is 23.2 Å². The molecule has 0 aliphatic carbocycles. The molecule has 10 heteroatoms. The highest BCUT2D eigenvalue weighted by molar-refractivity contribution is 7.88. The van der Waals surface area contributed by atoms with E-state index < -0.39 is 21.7 Å². The van der Waals surface area contributed by atoms with Crippen LogP contribution in [0.2, 0.25) is 0 Å². The zero-order valence-electron chi connectivity index (χ0n) is 15.5. The minimum absolute atomic E-state index is 0.00113. The highest BCUT2D eigenvalue weighted by atomic mass is 32.2. The van der Waals surface area contributed by atoms with E-state index in [1.807, 2.05) is 0 Å². The molecule has 0 spiro atoms. The molecular formula is C17H26F2N4O3S. The fourth-order valence-electron chi connectivity index (χ4n) is 2.83. The molecule has 0 bridgehead atoms. The molecule has 1 aromatic rings. The molecule has 2 N–H and O–H groups in total. The number of nitrogens with one attached hydrogen (secondary N) is 2. The summed E-state index contributed by atoms with van der Waals surface area (Å²) in [6, 6.07) is 3.17. The van der Waals surface area contributed by atoms with Gasteiger partial charge in [0.1, 0.15) is 12.4 Å². The first kappa shape index (κ1) is 21.4. The van der Waals surface area contributed by atoms with Gasteiger partial charge in [0.2, 0.25) is 10.0 Å². The number of aliphatic imine (C=N–C) groups is 1. The van der Waals surface area contributed by atoms with E-state index in [0.29, 0.717) is 38.1 Å². The maximum absolute atomic E-state index is 13.5. The Balaban J connectivity index is 1.66. The monoisotopic (exact) mass is 404 g/mol. The molecule has 152 valence electrons. The molecular weight excluding hydrogens is 378 g/mol. The molecule has 0 aromatic heterocycles. The summed E-state index contributed by atoms with van der Waals surface area (Å²) in [5, 5.41) is 6.26. The smallest absolute Gasteiger partial charge is 0.211 e. The summed E-state index contributed by atoms with van der Waals surface area (Å²) in [5.41, 5.74) is 0. The number of nitrogens with zero attached hydrogens (tertiary/aromatic N) is 2. The van der Waals surface area contributed by atoms with E-state index in [0.717, 1.165) is 25.0 Å². The van der Waals surface area contributed by atoms with Gasteiger partial charge in [0, 0.05) is 32.7 Å². The van der Waals surface area contributed by atoms with Gasteiger partial charge in [-0.3, -0.25) is 4.99 Å².